The number of aldehydes is 1. The summed E-state index contributed by atoms with van der Waals surface area (Å²) in [5.74, 6) is 0. The quantitative estimate of drug-likeness (QED) is 0.655. The standard InChI is InChI=1S/C13H18O/c1-10-5-6-12(13(2,3)4)9-11(10)7-8-14/h5-6,8-9H,7H2,1-4H3. The van der Waals surface area contributed by atoms with Crippen molar-refractivity contribution in [2.75, 3.05) is 0 Å². The molecule has 0 N–H and O–H groups in total. The number of carbonyl (C=O) groups excluding carboxylic acids is 1. The zero-order chi connectivity index (χ0) is 10.8. The third kappa shape index (κ3) is 2.44. The molecule has 0 aromatic heterocycles. The van der Waals surface area contributed by atoms with Crippen molar-refractivity contribution in [3.63, 3.8) is 0 Å². The third-order valence-electron chi connectivity index (χ3n) is 2.52. The summed E-state index contributed by atoms with van der Waals surface area (Å²) in [6.45, 7) is 8.60. The maximum absolute atomic E-state index is 10.5. The van der Waals surface area contributed by atoms with E-state index >= 15 is 0 Å². The lowest BCUT2D eigenvalue weighted by Gasteiger charge is -2.20. The number of hydrogen-bond acceptors (Lipinski definition) is 1. The van der Waals surface area contributed by atoms with Gasteiger partial charge in [-0.3, -0.25) is 0 Å². The number of benzene rings is 1. The Morgan fingerprint density at radius 2 is 1.93 bits per heavy atom. The van der Waals surface area contributed by atoms with Gasteiger partial charge in [-0.15, -0.1) is 0 Å². The molecule has 0 atom stereocenters. The van der Waals surface area contributed by atoms with Crippen molar-refractivity contribution in [3.05, 3.63) is 34.9 Å². The van der Waals surface area contributed by atoms with Gasteiger partial charge in [0.15, 0.2) is 0 Å². The van der Waals surface area contributed by atoms with Gasteiger partial charge >= 0.3 is 0 Å². The third-order valence-corrected chi connectivity index (χ3v) is 2.52. The first kappa shape index (κ1) is 11.0. The lowest BCUT2D eigenvalue weighted by molar-refractivity contribution is -0.107. The Balaban J connectivity index is 3.12. The molecular weight excluding hydrogens is 172 g/mol. The lowest BCUT2D eigenvalue weighted by Crippen LogP contribution is -2.11. The highest BCUT2D eigenvalue weighted by Gasteiger charge is 2.14. The van der Waals surface area contributed by atoms with Crippen molar-refractivity contribution in [3.8, 4) is 0 Å². The molecule has 0 amide bonds. The maximum atomic E-state index is 10.5. The van der Waals surface area contributed by atoms with Crippen LogP contribution in [-0.4, -0.2) is 6.29 Å². The van der Waals surface area contributed by atoms with E-state index in [4.69, 9.17) is 0 Å². The topological polar surface area (TPSA) is 17.1 Å². The van der Waals surface area contributed by atoms with Crippen LogP contribution in [0.2, 0.25) is 0 Å². The van der Waals surface area contributed by atoms with Crippen LogP contribution in [0.4, 0.5) is 0 Å². The second kappa shape index (κ2) is 3.95. The van der Waals surface area contributed by atoms with E-state index < -0.39 is 0 Å². The zero-order valence-corrected chi connectivity index (χ0v) is 9.42. The Morgan fingerprint density at radius 3 is 2.43 bits per heavy atom. The summed E-state index contributed by atoms with van der Waals surface area (Å²) in [5.41, 5.74) is 3.79. The van der Waals surface area contributed by atoms with E-state index in [1.165, 1.54) is 11.1 Å². The van der Waals surface area contributed by atoms with Crippen LogP contribution in [0.15, 0.2) is 18.2 Å². The van der Waals surface area contributed by atoms with Crippen molar-refractivity contribution in [2.45, 2.75) is 39.5 Å². The molecule has 1 rings (SSSR count). The van der Waals surface area contributed by atoms with Gasteiger partial charge in [0.2, 0.25) is 0 Å². The minimum atomic E-state index is 0.158. The largest absolute Gasteiger partial charge is 0.303 e. The fraction of sp³-hybridized carbons (Fsp3) is 0.462. The van der Waals surface area contributed by atoms with Crippen LogP contribution in [0, 0.1) is 6.92 Å². The summed E-state index contributed by atoms with van der Waals surface area (Å²) in [4.78, 5) is 10.5. The predicted molar refractivity (Wildman–Crippen MR) is 59.6 cm³/mol. The van der Waals surface area contributed by atoms with Gasteiger partial charge in [0.05, 0.1) is 0 Å². The molecule has 1 nitrogen and oxygen atoms in total. The van der Waals surface area contributed by atoms with Crippen molar-refractivity contribution < 1.29 is 4.79 Å². The zero-order valence-electron chi connectivity index (χ0n) is 9.42. The molecule has 1 aromatic rings. The SMILES string of the molecule is Cc1ccc(C(C)(C)C)cc1CC=O. The Labute approximate surface area is 86.1 Å². The van der Waals surface area contributed by atoms with Crippen LogP contribution in [-0.2, 0) is 16.6 Å². The summed E-state index contributed by atoms with van der Waals surface area (Å²) in [6.07, 6.45) is 1.49. The highest BCUT2D eigenvalue weighted by Crippen LogP contribution is 2.24. The van der Waals surface area contributed by atoms with E-state index in [1.54, 1.807) is 0 Å². The lowest BCUT2D eigenvalue weighted by atomic mass is 9.85. The van der Waals surface area contributed by atoms with Crippen LogP contribution in [0.3, 0.4) is 0 Å². The molecule has 0 aliphatic carbocycles. The first-order valence-electron chi connectivity index (χ1n) is 4.99. The van der Waals surface area contributed by atoms with Gasteiger partial charge < -0.3 is 4.79 Å². The summed E-state index contributed by atoms with van der Waals surface area (Å²) in [7, 11) is 0. The molecule has 0 aliphatic rings. The van der Waals surface area contributed by atoms with E-state index in [1.807, 2.05) is 6.92 Å². The monoisotopic (exact) mass is 190 g/mol. The summed E-state index contributed by atoms with van der Waals surface area (Å²) < 4.78 is 0. The molecule has 0 saturated heterocycles. The Bertz CT molecular complexity index is 332. The van der Waals surface area contributed by atoms with Crippen molar-refractivity contribution in [2.24, 2.45) is 0 Å². The van der Waals surface area contributed by atoms with Gasteiger partial charge in [0, 0.05) is 6.42 Å². The smallest absolute Gasteiger partial charge is 0.124 e. The summed E-state index contributed by atoms with van der Waals surface area (Å²) >= 11 is 0. The van der Waals surface area contributed by atoms with Gasteiger partial charge in [0.1, 0.15) is 6.29 Å². The first-order valence-corrected chi connectivity index (χ1v) is 4.99. The Kier molecular flexibility index (Phi) is 3.10. The van der Waals surface area contributed by atoms with E-state index in [0.29, 0.717) is 6.42 Å². The predicted octanol–water partition coefficient (Wildman–Crippen LogP) is 3.03. The average Bonchev–Trinajstić information content (AvgIpc) is 2.07. The second-order valence-electron chi connectivity index (χ2n) is 4.76. The number of carbonyl (C=O) groups is 1. The molecule has 0 radical (unpaired) electrons. The Hall–Kier alpha value is -1.11. The van der Waals surface area contributed by atoms with Gasteiger partial charge in [-0.25, -0.2) is 0 Å². The van der Waals surface area contributed by atoms with Crippen molar-refractivity contribution in [1.82, 2.24) is 0 Å². The second-order valence-corrected chi connectivity index (χ2v) is 4.76. The molecule has 0 unspecified atom stereocenters. The summed E-state index contributed by atoms with van der Waals surface area (Å²) in [5, 5.41) is 0. The minimum absolute atomic E-state index is 0.158. The van der Waals surface area contributed by atoms with E-state index in [2.05, 4.69) is 39.0 Å². The number of hydrogen-bond donors (Lipinski definition) is 0. The molecule has 14 heavy (non-hydrogen) atoms. The van der Waals surface area contributed by atoms with Crippen molar-refractivity contribution in [1.29, 1.82) is 0 Å². The molecular formula is C13H18O. The summed E-state index contributed by atoms with van der Waals surface area (Å²) in [6, 6.07) is 6.38. The molecule has 0 bridgehead atoms. The van der Waals surface area contributed by atoms with Gasteiger partial charge in [-0.05, 0) is 29.0 Å². The Morgan fingerprint density at radius 1 is 1.29 bits per heavy atom. The maximum Gasteiger partial charge on any atom is 0.124 e. The van der Waals surface area contributed by atoms with E-state index in [9.17, 15) is 4.79 Å². The number of rotatable bonds is 2. The van der Waals surface area contributed by atoms with Gasteiger partial charge in [-0.2, -0.15) is 0 Å². The molecule has 1 aromatic carbocycles. The van der Waals surface area contributed by atoms with E-state index in [0.717, 1.165) is 11.8 Å². The van der Waals surface area contributed by atoms with Crippen molar-refractivity contribution >= 4 is 6.29 Å². The van der Waals surface area contributed by atoms with Crippen LogP contribution in [0.25, 0.3) is 0 Å². The first-order chi connectivity index (χ1) is 6.45. The molecule has 0 heterocycles. The van der Waals surface area contributed by atoms with E-state index in [-0.39, 0.29) is 5.41 Å². The van der Waals surface area contributed by atoms with Crippen LogP contribution in [0.5, 0.6) is 0 Å². The highest BCUT2D eigenvalue weighted by atomic mass is 16.1. The van der Waals surface area contributed by atoms with Crippen LogP contribution >= 0.6 is 0 Å². The number of aryl methyl sites for hydroxylation is 1. The molecule has 1 heteroatoms. The molecule has 76 valence electrons. The fourth-order valence-electron chi connectivity index (χ4n) is 1.45. The minimum Gasteiger partial charge on any atom is -0.303 e. The molecule has 0 fully saturated rings. The average molecular weight is 190 g/mol. The molecule has 0 spiro atoms. The van der Waals surface area contributed by atoms with Gasteiger partial charge in [-0.1, -0.05) is 39.0 Å². The molecule has 0 saturated carbocycles. The highest BCUT2D eigenvalue weighted by molar-refractivity contribution is 5.56. The van der Waals surface area contributed by atoms with Crippen LogP contribution in [0.1, 0.15) is 37.5 Å². The van der Waals surface area contributed by atoms with Crippen LogP contribution < -0.4 is 0 Å². The normalized spacial score (nSPS) is 11.4. The molecule has 0 aliphatic heterocycles. The fourth-order valence-corrected chi connectivity index (χ4v) is 1.45. The van der Waals surface area contributed by atoms with Gasteiger partial charge in [0.25, 0.3) is 0 Å².